The molecule has 0 N–H and O–H groups in total. The van der Waals surface area contributed by atoms with E-state index in [2.05, 4.69) is 73.7 Å². The van der Waals surface area contributed by atoms with Crippen LogP contribution in [-0.4, -0.2) is 20.4 Å². The van der Waals surface area contributed by atoms with Gasteiger partial charge in [-0.15, -0.1) is 0 Å². The molecule has 3 aromatic carbocycles. The number of hydrogen-bond donors (Lipinski definition) is 0. The zero-order chi connectivity index (χ0) is 15.4. The van der Waals surface area contributed by atoms with Crippen molar-refractivity contribution in [3.8, 4) is 10.4 Å². The van der Waals surface area contributed by atoms with Gasteiger partial charge in [0.05, 0.1) is 0 Å². The molecule has 5 rings (SSSR count). The van der Waals surface area contributed by atoms with Gasteiger partial charge in [0.2, 0.25) is 0 Å². The Morgan fingerprint density at radius 2 is 1.52 bits per heavy atom. The van der Waals surface area contributed by atoms with Crippen molar-refractivity contribution in [2.45, 2.75) is 6.92 Å². The summed E-state index contributed by atoms with van der Waals surface area (Å²) in [5, 5.41) is 5.58. The van der Waals surface area contributed by atoms with Gasteiger partial charge in [0.25, 0.3) is 0 Å². The van der Waals surface area contributed by atoms with Crippen LogP contribution in [0.2, 0.25) is 0 Å². The molecule has 0 aliphatic rings. The summed E-state index contributed by atoms with van der Waals surface area (Å²) in [6.45, 7) is 2.28. The minimum absolute atomic E-state index is 0.114. The van der Waals surface area contributed by atoms with Crippen LogP contribution in [0.3, 0.4) is 0 Å². The van der Waals surface area contributed by atoms with E-state index < -0.39 is 0 Å². The summed E-state index contributed by atoms with van der Waals surface area (Å²) in [5.74, 6) is 0. The van der Waals surface area contributed by atoms with Gasteiger partial charge in [0, 0.05) is 0 Å². The summed E-state index contributed by atoms with van der Waals surface area (Å²) in [4.78, 5) is 1.35. The first-order valence-corrected chi connectivity index (χ1v) is 10.8. The zero-order valence-corrected chi connectivity index (χ0v) is 15.8. The molecule has 2 heterocycles. The topological polar surface area (TPSA) is 0 Å². The van der Waals surface area contributed by atoms with Crippen molar-refractivity contribution in [1.29, 1.82) is 0 Å². The monoisotopic (exact) mass is 428 g/mol. The van der Waals surface area contributed by atoms with Crippen molar-refractivity contribution in [2.24, 2.45) is 0 Å². The van der Waals surface area contributed by atoms with E-state index in [-0.39, 0.29) is 20.4 Å². The molecule has 110 valence electrons. The van der Waals surface area contributed by atoms with Crippen molar-refractivity contribution in [3.63, 3.8) is 0 Å². The van der Waals surface area contributed by atoms with Crippen LogP contribution in [0.4, 0.5) is 0 Å². The first kappa shape index (κ1) is 13.8. The van der Waals surface area contributed by atoms with Crippen LogP contribution in [0.25, 0.3) is 40.1 Å². The van der Waals surface area contributed by atoms with E-state index in [0.717, 1.165) is 0 Å². The standard InChI is InChI=1S/C21H14STe/c1-13-7-18-9-15-10-20-17(8-16(15)12-21(18)23-13)11-19(22-20)14-5-3-2-4-6-14/h2-12H,1H3. The van der Waals surface area contributed by atoms with Crippen LogP contribution in [0.1, 0.15) is 3.58 Å². The van der Waals surface area contributed by atoms with Crippen LogP contribution in [0, 0.1) is 6.92 Å². The summed E-state index contributed by atoms with van der Waals surface area (Å²) in [5.41, 5.74) is 1.31. The fourth-order valence-corrected chi connectivity index (χ4v) is 7.02. The van der Waals surface area contributed by atoms with E-state index in [1.807, 2.05) is 11.3 Å². The SMILES string of the molecule is Cc1cc2cc3cc4sc(-c5ccccc5)cc4cc3cc2[te]1. The Hall–Kier alpha value is -1.59. The number of thiophene rings is 1. The molecular weight excluding hydrogens is 412 g/mol. The number of benzene rings is 3. The van der Waals surface area contributed by atoms with E-state index in [0.29, 0.717) is 0 Å². The summed E-state index contributed by atoms with van der Waals surface area (Å²) >= 11 is 1.78. The Morgan fingerprint density at radius 3 is 2.39 bits per heavy atom. The molecule has 0 bridgehead atoms. The molecule has 0 unspecified atom stereocenters. The molecule has 0 saturated heterocycles. The van der Waals surface area contributed by atoms with E-state index in [1.165, 1.54) is 36.7 Å². The Kier molecular flexibility index (Phi) is 3.13. The molecule has 0 spiro atoms. The predicted molar refractivity (Wildman–Crippen MR) is 104 cm³/mol. The van der Waals surface area contributed by atoms with Gasteiger partial charge >= 0.3 is 149 Å². The van der Waals surface area contributed by atoms with Gasteiger partial charge in [-0.05, 0) is 0 Å². The first-order valence-electron chi connectivity index (χ1n) is 7.69. The Balaban J connectivity index is 1.77. The van der Waals surface area contributed by atoms with Gasteiger partial charge in [-0.3, -0.25) is 0 Å². The van der Waals surface area contributed by atoms with Gasteiger partial charge in [-0.1, -0.05) is 0 Å². The van der Waals surface area contributed by atoms with Gasteiger partial charge < -0.3 is 0 Å². The summed E-state index contributed by atoms with van der Waals surface area (Å²) in [6.07, 6.45) is 0. The molecule has 23 heavy (non-hydrogen) atoms. The molecule has 0 saturated carbocycles. The van der Waals surface area contributed by atoms with Crippen molar-refractivity contribution in [2.75, 3.05) is 0 Å². The third-order valence-corrected chi connectivity index (χ3v) is 8.33. The number of fused-ring (bicyclic) bond motifs is 3. The maximum absolute atomic E-state index is 2.43. The van der Waals surface area contributed by atoms with Crippen molar-refractivity contribution < 1.29 is 0 Å². The third-order valence-electron chi connectivity index (χ3n) is 4.29. The van der Waals surface area contributed by atoms with Gasteiger partial charge in [-0.25, -0.2) is 0 Å². The fourth-order valence-electron chi connectivity index (χ4n) is 3.20. The minimum atomic E-state index is -0.114. The molecule has 2 aromatic heterocycles. The molecule has 0 aliphatic carbocycles. The molecule has 2 heteroatoms. The van der Waals surface area contributed by atoms with Gasteiger partial charge in [0.15, 0.2) is 0 Å². The Morgan fingerprint density at radius 1 is 0.739 bits per heavy atom. The normalized spacial score (nSPS) is 11.7. The molecule has 0 aliphatic heterocycles. The molecular formula is C21H14STe. The zero-order valence-electron chi connectivity index (χ0n) is 12.7. The van der Waals surface area contributed by atoms with Crippen LogP contribution < -0.4 is 0 Å². The van der Waals surface area contributed by atoms with Gasteiger partial charge in [-0.2, -0.15) is 0 Å². The fraction of sp³-hybridized carbons (Fsp3) is 0.0476. The quantitative estimate of drug-likeness (QED) is 0.279. The number of hydrogen-bond acceptors (Lipinski definition) is 1. The Bertz CT molecular complexity index is 1090. The third kappa shape index (κ3) is 2.34. The molecule has 5 aromatic rings. The van der Waals surface area contributed by atoms with Crippen LogP contribution in [0.5, 0.6) is 0 Å². The van der Waals surface area contributed by atoms with E-state index in [1.54, 1.807) is 6.98 Å². The van der Waals surface area contributed by atoms with Crippen LogP contribution >= 0.6 is 11.3 Å². The second-order valence-corrected chi connectivity index (χ2v) is 10.7. The summed E-state index contributed by atoms with van der Waals surface area (Å²) in [6, 6.07) is 24.9. The Labute approximate surface area is 148 Å². The summed E-state index contributed by atoms with van der Waals surface area (Å²) in [7, 11) is 0. The van der Waals surface area contributed by atoms with Crippen LogP contribution in [0.15, 0.2) is 66.7 Å². The average molecular weight is 426 g/mol. The second-order valence-electron chi connectivity index (χ2n) is 5.96. The first-order chi connectivity index (χ1) is 11.3. The molecule has 0 atom stereocenters. The van der Waals surface area contributed by atoms with E-state index >= 15 is 0 Å². The van der Waals surface area contributed by atoms with E-state index in [9.17, 15) is 0 Å². The summed E-state index contributed by atoms with van der Waals surface area (Å²) < 4.78 is 4.57. The van der Waals surface area contributed by atoms with E-state index in [4.69, 9.17) is 0 Å². The molecule has 0 fully saturated rings. The second kappa shape index (κ2) is 5.21. The average Bonchev–Trinajstić information content (AvgIpc) is 3.12. The van der Waals surface area contributed by atoms with Crippen LogP contribution in [-0.2, 0) is 0 Å². The van der Waals surface area contributed by atoms with Crippen molar-refractivity contribution in [1.82, 2.24) is 0 Å². The number of rotatable bonds is 1. The maximum atomic E-state index is 2.43. The van der Waals surface area contributed by atoms with Crippen molar-refractivity contribution in [3.05, 3.63) is 70.3 Å². The molecule has 0 radical (unpaired) electrons. The molecule has 0 amide bonds. The van der Waals surface area contributed by atoms with Crippen molar-refractivity contribution >= 4 is 61.4 Å². The van der Waals surface area contributed by atoms with Gasteiger partial charge in [0.1, 0.15) is 0 Å². The molecule has 0 nitrogen and oxygen atoms in total. The number of aryl methyl sites for hydroxylation is 1. The predicted octanol–water partition coefficient (Wildman–Crippen LogP) is 6.24.